The number of carbonyl (C=O) groups is 1. The zero-order valence-corrected chi connectivity index (χ0v) is 9.93. The number of hydrogen-bond acceptors (Lipinski definition) is 3. The predicted molar refractivity (Wildman–Crippen MR) is 62.5 cm³/mol. The van der Waals surface area contributed by atoms with Gasteiger partial charge >= 0.3 is 6.09 Å². The van der Waals surface area contributed by atoms with Gasteiger partial charge in [-0.3, -0.25) is 4.98 Å². The summed E-state index contributed by atoms with van der Waals surface area (Å²) >= 11 is 0. The molecule has 1 aromatic rings. The molecular weight excluding hydrogens is 216 g/mol. The number of methoxy groups -OCH3 is 1. The maximum absolute atomic E-state index is 11.8. The minimum Gasteiger partial charge on any atom is -0.453 e. The van der Waals surface area contributed by atoms with Crippen LogP contribution >= 0.6 is 0 Å². The third-order valence-corrected chi connectivity index (χ3v) is 3.98. The second-order valence-electron chi connectivity index (χ2n) is 4.77. The van der Waals surface area contributed by atoms with Gasteiger partial charge in [0.05, 0.1) is 13.2 Å². The first-order valence-corrected chi connectivity index (χ1v) is 6.08. The van der Waals surface area contributed by atoms with Crippen LogP contribution in [0.1, 0.15) is 30.0 Å². The minimum absolute atomic E-state index is 0.180. The average molecular weight is 232 g/mol. The molecule has 1 aliphatic carbocycles. The fourth-order valence-corrected chi connectivity index (χ4v) is 3.17. The molecule has 2 heterocycles. The van der Waals surface area contributed by atoms with Crippen molar-refractivity contribution in [1.29, 1.82) is 0 Å². The number of likely N-dealkylation sites (tertiary alicyclic amines) is 1. The first kappa shape index (κ1) is 10.6. The normalized spacial score (nSPS) is 26.3. The zero-order chi connectivity index (χ0) is 11.8. The Morgan fingerprint density at radius 3 is 3.24 bits per heavy atom. The number of pyridine rings is 1. The van der Waals surface area contributed by atoms with Crippen LogP contribution in [-0.2, 0) is 11.2 Å². The highest BCUT2D eigenvalue weighted by Gasteiger charge is 2.41. The van der Waals surface area contributed by atoms with Crippen LogP contribution in [0.3, 0.4) is 0 Å². The molecule has 2 atom stereocenters. The Hall–Kier alpha value is -1.58. The van der Waals surface area contributed by atoms with Crippen molar-refractivity contribution in [3.8, 4) is 0 Å². The Balaban J connectivity index is 1.99. The Bertz CT molecular complexity index is 447. The van der Waals surface area contributed by atoms with Crippen molar-refractivity contribution in [2.24, 2.45) is 5.92 Å². The number of carbonyl (C=O) groups excluding carboxylic acids is 1. The molecule has 90 valence electrons. The van der Waals surface area contributed by atoms with Crippen LogP contribution in [0.4, 0.5) is 4.79 Å². The number of fused-ring (bicyclic) bond motifs is 3. The van der Waals surface area contributed by atoms with E-state index in [0.29, 0.717) is 5.92 Å². The van der Waals surface area contributed by atoms with Gasteiger partial charge in [-0.15, -0.1) is 0 Å². The van der Waals surface area contributed by atoms with E-state index in [-0.39, 0.29) is 12.1 Å². The highest BCUT2D eigenvalue weighted by Crippen LogP contribution is 2.44. The quantitative estimate of drug-likeness (QED) is 0.688. The highest BCUT2D eigenvalue weighted by molar-refractivity contribution is 5.69. The van der Waals surface area contributed by atoms with Crippen LogP contribution in [0.5, 0.6) is 0 Å². The molecule has 4 nitrogen and oxygen atoms in total. The summed E-state index contributed by atoms with van der Waals surface area (Å²) in [6.45, 7) is 0.802. The zero-order valence-electron chi connectivity index (χ0n) is 9.93. The van der Waals surface area contributed by atoms with Crippen molar-refractivity contribution in [2.45, 2.75) is 25.3 Å². The predicted octanol–water partition coefficient (Wildman–Crippen LogP) is 2.16. The molecule has 0 N–H and O–H groups in total. The van der Waals surface area contributed by atoms with Crippen LogP contribution in [0.2, 0.25) is 0 Å². The van der Waals surface area contributed by atoms with Crippen LogP contribution < -0.4 is 0 Å². The first-order valence-electron chi connectivity index (χ1n) is 6.08. The molecule has 0 aromatic carbocycles. The molecule has 1 fully saturated rings. The van der Waals surface area contributed by atoms with Crippen molar-refractivity contribution >= 4 is 6.09 Å². The number of ether oxygens (including phenoxy) is 1. The lowest BCUT2D eigenvalue weighted by molar-refractivity contribution is 0.112. The van der Waals surface area contributed by atoms with E-state index >= 15 is 0 Å². The van der Waals surface area contributed by atoms with Gasteiger partial charge in [0.25, 0.3) is 0 Å². The van der Waals surface area contributed by atoms with E-state index in [2.05, 4.69) is 11.1 Å². The Kier molecular flexibility index (Phi) is 2.50. The molecule has 1 amide bonds. The van der Waals surface area contributed by atoms with Crippen molar-refractivity contribution in [3.05, 3.63) is 29.6 Å². The summed E-state index contributed by atoms with van der Waals surface area (Å²) in [5, 5.41) is 0. The van der Waals surface area contributed by atoms with Gasteiger partial charge < -0.3 is 9.64 Å². The van der Waals surface area contributed by atoms with E-state index in [1.165, 1.54) is 18.2 Å². The number of aryl methyl sites for hydroxylation is 1. The van der Waals surface area contributed by atoms with Crippen molar-refractivity contribution in [2.75, 3.05) is 13.7 Å². The van der Waals surface area contributed by atoms with Crippen LogP contribution in [0, 0.1) is 5.92 Å². The van der Waals surface area contributed by atoms with Gasteiger partial charge in [-0.05, 0) is 42.4 Å². The average Bonchev–Trinajstić information content (AvgIpc) is 2.82. The van der Waals surface area contributed by atoms with Gasteiger partial charge in [0.1, 0.15) is 0 Å². The SMILES string of the molecule is COC(=O)N1CC[C@@H]2CCc3ccncc3[C@@H]21. The van der Waals surface area contributed by atoms with Gasteiger partial charge in [0.2, 0.25) is 0 Å². The Morgan fingerprint density at radius 1 is 1.53 bits per heavy atom. The lowest BCUT2D eigenvalue weighted by Crippen LogP contribution is -2.34. The van der Waals surface area contributed by atoms with Crippen molar-refractivity contribution in [3.63, 3.8) is 0 Å². The van der Waals surface area contributed by atoms with E-state index in [1.807, 2.05) is 17.3 Å². The number of nitrogens with zero attached hydrogens (tertiary/aromatic N) is 2. The molecule has 0 spiro atoms. The van der Waals surface area contributed by atoms with Crippen LogP contribution in [-0.4, -0.2) is 29.6 Å². The number of aromatic nitrogens is 1. The molecule has 4 heteroatoms. The summed E-state index contributed by atoms with van der Waals surface area (Å²) in [4.78, 5) is 17.8. The van der Waals surface area contributed by atoms with E-state index < -0.39 is 0 Å². The third-order valence-electron chi connectivity index (χ3n) is 3.98. The fourth-order valence-electron chi connectivity index (χ4n) is 3.17. The largest absolute Gasteiger partial charge is 0.453 e. The van der Waals surface area contributed by atoms with E-state index in [9.17, 15) is 4.79 Å². The maximum atomic E-state index is 11.8. The lowest BCUT2D eigenvalue weighted by atomic mass is 9.81. The first-order chi connectivity index (χ1) is 8.31. The molecule has 0 radical (unpaired) electrons. The monoisotopic (exact) mass is 232 g/mol. The number of hydrogen-bond donors (Lipinski definition) is 0. The molecule has 1 saturated heterocycles. The van der Waals surface area contributed by atoms with Crippen molar-refractivity contribution in [1.82, 2.24) is 9.88 Å². The third kappa shape index (κ3) is 1.59. The summed E-state index contributed by atoms with van der Waals surface area (Å²) in [6.07, 6.45) is 6.87. The molecule has 0 saturated carbocycles. The van der Waals surface area contributed by atoms with Crippen LogP contribution in [0.25, 0.3) is 0 Å². The van der Waals surface area contributed by atoms with Gasteiger partial charge in [0.15, 0.2) is 0 Å². The number of rotatable bonds is 0. The summed E-state index contributed by atoms with van der Waals surface area (Å²) in [5.74, 6) is 0.575. The molecule has 1 aliphatic heterocycles. The standard InChI is InChI=1S/C13H16N2O2/c1-17-13(16)15-7-5-10-3-2-9-4-6-14-8-11(9)12(10)15/h4,6,8,10,12H,2-3,5,7H2,1H3/t10-,12+/m0/s1. The second kappa shape index (κ2) is 4.02. The van der Waals surface area contributed by atoms with E-state index in [4.69, 9.17) is 4.74 Å². The summed E-state index contributed by atoms with van der Waals surface area (Å²) in [5.41, 5.74) is 2.55. The molecule has 17 heavy (non-hydrogen) atoms. The van der Waals surface area contributed by atoms with E-state index in [1.54, 1.807) is 0 Å². The molecule has 0 unspecified atom stereocenters. The maximum Gasteiger partial charge on any atom is 0.410 e. The van der Waals surface area contributed by atoms with Crippen molar-refractivity contribution < 1.29 is 9.53 Å². The summed E-state index contributed by atoms with van der Waals surface area (Å²) < 4.78 is 4.86. The number of amides is 1. The van der Waals surface area contributed by atoms with Gasteiger partial charge in [-0.1, -0.05) is 0 Å². The molecule has 3 rings (SSSR count). The smallest absolute Gasteiger partial charge is 0.410 e. The summed E-state index contributed by atoms with van der Waals surface area (Å²) in [6, 6.07) is 2.25. The topological polar surface area (TPSA) is 42.4 Å². The molecular formula is C13H16N2O2. The Morgan fingerprint density at radius 2 is 2.41 bits per heavy atom. The minimum atomic E-state index is -0.214. The Labute approximate surface area is 101 Å². The molecule has 0 bridgehead atoms. The van der Waals surface area contributed by atoms with E-state index in [0.717, 1.165) is 25.8 Å². The van der Waals surface area contributed by atoms with Gasteiger partial charge in [-0.25, -0.2) is 4.79 Å². The summed E-state index contributed by atoms with van der Waals surface area (Å²) in [7, 11) is 1.45. The lowest BCUT2D eigenvalue weighted by Gasteiger charge is -2.32. The van der Waals surface area contributed by atoms with Crippen LogP contribution in [0.15, 0.2) is 18.5 Å². The highest BCUT2D eigenvalue weighted by atomic mass is 16.5. The second-order valence-corrected chi connectivity index (χ2v) is 4.77. The van der Waals surface area contributed by atoms with Gasteiger partial charge in [0, 0.05) is 18.9 Å². The van der Waals surface area contributed by atoms with Gasteiger partial charge in [-0.2, -0.15) is 0 Å². The fraction of sp³-hybridized carbons (Fsp3) is 0.538. The molecule has 2 aliphatic rings. The molecule has 1 aromatic heterocycles.